The van der Waals surface area contributed by atoms with Gasteiger partial charge in [-0.3, -0.25) is 9.59 Å². The molecule has 184 valence electrons. The number of rotatable bonds is 7. The summed E-state index contributed by atoms with van der Waals surface area (Å²) >= 11 is 7.64. The van der Waals surface area contributed by atoms with Crippen molar-refractivity contribution in [1.29, 1.82) is 0 Å². The molecule has 0 radical (unpaired) electrons. The first kappa shape index (κ1) is 24.9. The standard InChI is InChI=1S/C31H25ClN2O2S/c32-26-10-6-9-24(19-26)21-34-27-11-4-5-12-28(27)37-29(31(34)36)20-23-13-15-25(16-14-23)30(35)33-18-17-22-7-2-1-3-8-22/h1-16,19-20H,17-18,21H2,(H,33,35)/b29-20+. The number of nitrogens with zero attached hydrogens (tertiary/aromatic N) is 1. The van der Waals surface area contributed by atoms with Crippen LogP contribution in [0.25, 0.3) is 6.08 Å². The number of fused-ring (bicyclic) bond motifs is 1. The molecule has 0 aliphatic carbocycles. The third-order valence-electron chi connectivity index (χ3n) is 6.07. The van der Waals surface area contributed by atoms with Crippen LogP contribution < -0.4 is 10.2 Å². The molecule has 4 aromatic carbocycles. The van der Waals surface area contributed by atoms with Crippen LogP contribution in [0.3, 0.4) is 0 Å². The van der Waals surface area contributed by atoms with Crippen molar-refractivity contribution in [1.82, 2.24) is 5.32 Å². The minimum absolute atomic E-state index is 0.0635. The van der Waals surface area contributed by atoms with Gasteiger partial charge in [0.25, 0.3) is 11.8 Å². The van der Waals surface area contributed by atoms with E-state index in [1.807, 2.05) is 97.1 Å². The van der Waals surface area contributed by atoms with Crippen molar-refractivity contribution in [3.63, 3.8) is 0 Å². The van der Waals surface area contributed by atoms with Gasteiger partial charge in [-0.05, 0) is 65.6 Å². The van der Waals surface area contributed by atoms with Gasteiger partial charge in [-0.25, -0.2) is 0 Å². The summed E-state index contributed by atoms with van der Waals surface area (Å²) < 4.78 is 0. The highest BCUT2D eigenvalue weighted by molar-refractivity contribution is 8.04. The molecule has 4 nitrogen and oxygen atoms in total. The predicted molar refractivity (Wildman–Crippen MR) is 152 cm³/mol. The zero-order chi connectivity index (χ0) is 25.6. The second kappa shape index (κ2) is 11.5. The summed E-state index contributed by atoms with van der Waals surface area (Å²) in [6.07, 6.45) is 2.66. The lowest BCUT2D eigenvalue weighted by atomic mass is 10.1. The summed E-state index contributed by atoms with van der Waals surface area (Å²) in [4.78, 5) is 29.5. The van der Waals surface area contributed by atoms with Gasteiger partial charge in [-0.15, -0.1) is 0 Å². The summed E-state index contributed by atoms with van der Waals surface area (Å²) in [6.45, 7) is 0.998. The van der Waals surface area contributed by atoms with Gasteiger partial charge in [0.05, 0.1) is 17.1 Å². The van der Waals surface area contributed by atoms with E-state index in [-0.39, 0.29) is 11.8 Å². The summed E-state index contributed by atoms with van der Waals surface area (Å²) in [5.41, 5.74) is 4.48. The van der Waals surface area contributed by atoms with Crippen LogP contribution in [0.2, 0.25) is 5.02 Å². The van der Waals surface area contributed by atoms with Gasteiger partial charge in [0.1, 0.15) is 0 Å². The summed E-state index contributed by atoms with van der Waals surface area (Å²) in [7, 11) is 0. The number of benzene rings is 4. The van der Waals surface area contributed by atoms with E-state index in [1.165, 1.54) is 17.3 Å². The Balaban J connectivity index is 1.30. The van der Waals surface area contributed by atoms with Gasteiger partial charge in [0.15, 0.2) is 0 Å². The maximum Gasteiger partial charge on any atom is 0.265 e. The Kier molecular flexibility index (Phi) is 7.73. The first-order chi connectivity index (χ1) is 18.1. The Bertz CT molecular complexity index is 1450. The summed E-state index contributed by atoms with van der Waals surface area (Å²) in [5.74, 6) is -0.175. The molecule has 5 rings (SSSR count). The van der Waals surface area contributed by atoms with Gasteiger partial charge < -0.3 is 10.2 Å². The highest BCUT2D eigenvalue weighted by Gasteiger charge is 2.29. The van der Waals surface area contributed by atoms with Gasteiger partial charge in [-0.1, -0.05) is 90.1 Å². The smallest absolute Gasteiger partial charge is 0.265 e. The Morgan fingerprint density at radius 2 is 1.59 bits per heavy atom. The van der Waals surface area contributed by atoms with Crippen LogP contribution in [0.5, 0.6) is 0 Å². The summed E-state index contributed by atoms with van der Waals surface area (Å²) in [5, 5.41) is 3.61. The molecular formula is C31H25ClN2O2S. The largest absolute Gasteiger partial charge is 0.352 e. The number of halogens is 1. The molecule has 1 aliphatic rings. The molecule has 0 unspecified atom stereocenters. The number of carbonyl (C=O) groups excluding carboxylic acids is 2. The maximum atomic E-state index is 13.5. The lowest BCUT2D eigenvalue weighted by Crippen LogP contribution is -2.33. The maximum absolute atomic E-state index is 13.5. The minimum Gasteiger partial charge on any atom is -0.352 e. The van der Waals surface area contributed by atoms with E-state index in [9.17, 15) is 9.59 Å². The number of carbonyl (C=O) groups is 2. The third-order valence-corrected chi connectivity index (χ3v) is 7.39. The van der Waals surface area contributed by atoms with E-state index in [2.05, 4.69) is 5.32 Å². The highest BCUT2D eigenvalue weighted by atomic mass is 35.5. The zero-order valence-corrected chi connectivity index (χ0v) is 21.6. The molecule has 0 saturated heterocycles. The fourth-order valence-electron chi connectivity index (χ4n) is 4.19. The number of hydrogen-bond donors (Lipinski definition) is 1. The van der Waals surface area contributed by atoms with Crippen LogP contribution in [0, 0.1) is 0 Å². The Morgan fingerprint density at radius 3 is 2.38 bits per heavy atom. The molecule has 0 saturated carbocycles. The average molecular weight is 525 g/mol. The molecule has 0 fully saturated rings. The molecule has 37 heavy (non-hydrogen) atoms. The molecule has 6 heteroatoms. The van der Waals surface area contributed by atoms with Crippen molar-refractivity contribution in [2.75, 3.05) is 11.4 Å². The van der Waals surface area contributed by atoms with E-state index < -0.39 is 0 Å². The van der Waals surface area contributed by atoms with Gasteiger partial charge in [0.2, 0.25) is 0 Å². The normalized spacial score (nSPS) is 13.9. The van der Waals surface area contributed by atoms with Crippen LogP contribution >= 0.6 is 23.4 Å². The number of amides is 2. The Morgan fingerprint density at radius 1 is 0.865 bits per heavy atom. The second-order valence-electron chi connectivity index (χ2n) is 8.71. The number of anilines is 1. The lowest BCUT2D eigenvalue weighted by molar-refractivity contribution is -0.114. The number of thioether (sulfide) groups is 1. The van der Waals surface area contributed by atoms with E-state index in [0.29, 0.717) is 28.6 Å². The van der Waals surface area contributed by atoms with Gasteiger partial charge >= 0.3 is 0 Å². The predicted octanol–water partition coefficient (Wildman–Crippen LogP) is 6.99. The molecule has 0 aromatic heterocycles. The van der Waals surface area contributed by atoms with Crippen LogP contribution in [-0.4, -0.2) is 18.4 Å². The topological polar surface area (TPSA) is 49.4 Å². The van der Waals surface area contributed by atoms with Crippen molar-refractivity contribution in [3.05, 3.63) is 135 Å². The molecule has 0 atom stereocenters. The molecular weight excluding hydrogens is 500 g/mol. The van der Waals surface area contributed by atoms with Crippen molar-refractivity contribution in [2.24, 2.45) is 0 Å². The molecule has 1 heterocycles. The van der Waals surface area contributed by atoms with Crippen LogP contribution in [0.4, 0.5) is 5.69 Å². The second-order valence-corrected chi connectivity index (χ2v) is 10.2. The third kappa shape index (κ3) is 6.13. The lowest BCUT2D eigenvalue weighted by Gasteiger charge is -2.30. The number of para-hydroxylation sites is 1. The fourth-order valence-corrected chi connectivity index (χ4v) is 5.46. The van der Waals surface area contributed by atoms with Crippen molar-refractivity contribution >= 4 is 46.9 Å². The van der Waals surface area contributed by atoms with E-state index in [1.54, 1.807) is 17.0 Å². The van der Waals surface area contributed by atoms with E-state index >= 15 is 0 Å². The zero-order valence-electron chi connectivity index (χ0n) is 20.1. The van der Waals surface area contributed by atoms with E-state index in [4.69, 9.17) is 11.6 Å². The Labute approximate surface area is 226 Å². The van der Waals surface area contributed by atoms with Gasteiger partial charge in [0, 0.05) is 22.0 Å². The molecule has 4 aromatic rings. The molecule has 1 N–H and O–H groups in total. The van der Waals surface area contributed by atoms with Crippen LogP contribution in [0.1, 0.15) is 27.0 Å². The minimum atomic E-state index is -0.111. The Hall–Kier alpha value is -3.80. The monoisotopic (exact) mass is 524 g/mol. The van der Waals surface area contributed by atoms with Crippen LogP contribution in [-0.2, 0) is 17.8 Å². The average Bonchev–Trinajstić information content (AvgIpc) is 2.92. The van der Waals surface area contributed by atoms with Crippen LogP contribution in [0.15, 0.2) is 113 Å². The molecule has 0 spiro atoms. The molecule has 2 amide bonds. The van der Waals surface area contributed by atoms with Crippen molar-refractivity contribution in [2.45, 2.75) is 17.9 Å². The SMILES string of the molecule is O=C(NCCc1ccccc1)c1ccc(/C=C2/Sc3ccccc3N(Cc3cccc(Cl)c3)C2=O)cc1. The van der Waals surface area contributed by atoms with Crippen molar-refractivity contribution < 1.29 is 9.59 Å². The van der Waals surface area contributed by atoms with E-state index in [0.717, 1.165) is 28.1 Å². The summed E-state index contributed by atoms with van der Waals surface area (Å²) in [6, 6.07) is 32.9. The quantitative estimate of drug-likeness (QED) is 0.265. The van der Waals surface area contributed by atoms with Gasteiger partial charge in [-0.2, -0.15) is 0 Å². The number of nitrogens with one attached hydrogen (secondary N) is 1. The van der Waals surface area contributed by atoms with Crippen molar-refractivity contribution in [3.8, 4) is 0 Å². The fraction of sp³-hybridized carbons (Fsp3) is 0.0968. The first-order valence-electron chi connectivity index (χ1n) is 12.0. The number of hydrogen-bond acceptors (Lipinski definition) is 3. The molecule has 1 aliphatic heterocycles. The molecule has 0 bridgehead atoms. The highest BCUT2D eigenvalue weighted by Crippen LogP contribution is 2.42. The first-order valence-corrected chi connectivity index (χ1v) is 13.2.